The molecular formula is C33H47N2O5P. The second-order valence-electron chi connectivity index (χ2n) is 10.4. The Hall–Kier alpha value is -2.51. The second-order valence-corrected chi connectivity index (χ2v) is 11.4. The van der Waals surface area contributed by atoms with Gasteiger partial charge < -0.3 is 29.2 Å². The van der Waals surface area contributed by atoms with Crippen molar-refractivity contribution < 1.29 is 23.5 Å². The molecule has 0 aliphatic rings. The van der Waals surface area contributed by atoms with E-state index in [1.165, 1.54) is 0 Å². The van der Waals surface area contributed by atoms with E-state index in [9.17, 15) is 0 Å². The minimum atomic E-state index is -0.917. The van der Waals surface area contributed by atoms with Crippen molar-refractivity contribution >= 4 is 8.96 Å². The molecular weight excluding hydrogens is 535 g/mol. The zero-order chi connectivity index (χ0) is 29.7. The van der Waals surface area contributed by atoms with Gasteiger partial charge in [-0.2, -0.15) is 0 Å². The zero-order valence-electron chi connectivity index (χ0n) is 25.3. The lowest BCUT2D eigenvalue weighted by molar-refractivity contribution is -0.0769. The molecule has 8 heteroatoms. The number of hydrogen-bond donors (Lipinski definition) is 1. The Kier molecular flexibility index (Phi) is 13.5. The molecule has 2 unspecified atom stereocenters. The van der Waals surface area contributed by atoms with E-state index >= 15 is 0 Å². The van der Waals surface area contributed by atoms with Gasteiger partial charge in [0.25, 0.3) is 0 Å². The largest absolute Gasteiger partial charge is 0.497 e. The molecule has 3 rings (SSSR count). The van der Waals surface area contributed by atoms with Gasteiger partial charge in [-0.05, 0) is 81.6 Å². The van der Waals surface area contributed by atoms with E-state index in [0.29, 0.717) is 38.4 Å². The Morgan fingerprint density at radius 3 is 1.71 bits per heavy atom. The van der Waals surface area contributed by atoms with Crippen molar-refractivity contribution in [2.75, 3.05) is 40.6 Å². The first kappa shape index (κ1) is 33.0. The van der Waals surface area contributed by atoms with Crippen LogP contribution in [0.15, 0.2) is 78.9 Å². The SMILES string of the molecule is COc1ccc(C(OCC(COPN(C(C)C)C(C)C)OCCCN)(c2ccccc2)c2ccc(OC)cc2)cc1. The summed E-state index contributed by atoms with van der Waals surface area (Å²) in [5, 5.41) is 0. The molecule has 3 aromatic rings. The number of nitrogens with zero attached hydrogens (tertiary/aromatic N) is 1. The van der Waals surface area contributed by atoms with Crippen LogP contribution in [-0.2, 0) is 19.6 Å². The number of nitrogens with two attached hydrogens (primary N) is 1. The van der Waals surface area contributed by atoms with E-state index in [1.54, 1.807) is 14.2 Å². The first-order chi connectivity index (χ1) is 19.8. The summed E-state index contributed by atoms with van der Waals surface area (Å²) in [5.41, 5.74) is 7.81. The van der Waals surface area contributed by atoms with Crippen LogP contribution in [0.5, 0.6) is 11.5 Å². The maximum absolute atomic E-state index is 7.05. The fourth-order valence-electron chi connectivity index (χ4n) is 4.78. The predicted octanol–water partition coefficient (Wildman–Crippen LogP) is 6.39. The highest BCUT2D eigenvalue weighted by molar-refractivity contribution is 7.29. The van der Waals surface area contributed by atoms with E-state index in [1.807, 2.05) is 42.5 Å². The minimum Gasteiger partial charge on any atom is -0.497 e. The smallest absolute Gasteiger partial charge is 0.143 e. The van der Waals surface area contributed by atoms with Gasteiger partial charge in [0, 0.05) is 18.7 Å². The van der Waals surface area contributed by atoms with Gasteiger partial charge in [0.05, 0.1) is 36.4 Å². The molecule has 0 saturated heterocycles. The summed E-state index contributed by atoms with van der Waals surface area (Å²) in [7, 11) is 3.57. The van der Waals surface area contributed by atoms with Crippen LogP contribution in [0.4, 0.5) is 0 Å². The van der Waals surface area contributed by atoms with Crippen molar-refractivity contribution in [1.82, 2.24) is 4.67 Å². The average molecular weight is 583 g/mol. The molecule has 7 nitrogen and oxygen atoms in total. The van der Waals surface area contributed by atoms with Gasteiger partial charge >= 0.3 is 0 Å². The van der Waals surface area contributed by atoms with Gasteiger partial charge in [-0.25, -0.2) is 0 Å². The highest BCUT2D eigenvalue weighted by Crippen LogP contribution is 2.42. The first-order valence-electron chi connectivity index (χ1n) is 14.3. The first-order valence-corrected chi connectivity index (χ1v) is 15.2. The number of benzene rings is 3. The van der Waals surface area contributed by atoms with Crippen LogP contribution in [0, 0.1) is 0 Å². The van der Waals surface area contributed by atoms with Gasteiger partial charge in [-0.3, -0.25) is 4.67 Å². The number of methoxy groups -OCH3 is 2. The third-order valence-corrected chi connectivity index (χ3v) is 8.45. The molecule has 41 heavy (non-hydrogen) atoms. The maximum Gasteiger partial charge on any atom is 0.143 e. The zero-order valence-corrected chi connectivity index (χ0v) is 26.3. The summed E-state index contributed by atoms with van der Waals surface area (Å²) in [4.78, 5) is 0. The summed E-state index contributed by atoms with van der Waals surface area (Å²) < 4.78 is 32.8. The van der Waals surface area contributed by atoms with Crippen LogP contribution in [0.2, 0.25) is 0 Å². The molecule has 0 fully saturated rings. The molecule has 0 radical (unpaired) electrons. The molecule has 224 valence electrons. The quantitative estimate of drug-likeness (QED) is 0.106. The average Bonchev–Trinajstić information content (AvgIpc) is 3.00. The van der Waals surface area contributed by atoms with Crippen LogP contribution in [-0.4, -0.2) is 63.4 Å². The standard InChI is InChI=1S/C33H47N2O5P/c1-25(2)35(26(3)4)41-40-24-32(38-22-10-21-34)23-39-33(27-11-8-7-9-12-27,28-13-17-30(36-5)18-14-28)29-15-19-31(37-6)20-16-29/h7-9,11-20,25-26,32,41H,10,21-24,34H2,1-6H3. The predicted molar refractivity (Wildman–Crippen MR) is 168 cm³/mol. The Bertz CT molecular complexity index is 1070. The summed E-state index contributed by atoms with van der Waals surface area (Å²) in [5.74, 6) is 1.56. The summed E-state index contributed by atoms with van der Waals surface area (Å²) >= 11 is 0. The third kappa shape index (κ3) is 8.99. The topological polar surface area (TPSA) is 75.4 Å². The normalized spacial score (nSPS) is 13.0. The van der Waals surface area contributed by atoms with Crippen molar-refractivity contribution in [2.45, 2.75) is 57.9 Å². The molecule has 0 heterocycles. The minimum absolute atomic E-state index is 0.234. The van der Waals surface area contributed by atoms with Gasteiger partial charge in [-0.1, -0.05) is 54.6 Å². The van der Waals surface area contributed by atoms with Crippen molar-refractivity contribution in [3.63, 3.8) is 0 Å². The van der Waals surface area contributed by atoms with E-state index in [0.717, 1.165) is 34.6 Å². The monoisotopic (exact) mass is 582 g/mol. The molecule has 0 bridgehead atoms. The van der Waals surface area contributed by atoms with E-state index < -0.39 is 5.60 Å². The Morgan fingerprint density at radius 1 is 0.732 bits per heavy atom. The summed E-state index contributed by atoms with van der Waals surface area (Å²) in [6, 6.07) is 27.1. The van der Waals surface area contributed by atoms with Crippen LogP contribution in [0.25, 0.3) is 0 Å². The van der Waals surface area contributed by atoms with Crippen LogP contribution < -0.4 is 15.2 Å². The van der Waals surface area contributed by atoms with E-state index in [4.69, 9.17) is 29.2 Å². The van der Waals surface area contributed by atoms with Crippen molar-refractivity contribution in [3.8, 4) is 11.5 Å². The lowest BCUT2D eigenvalue weighted by Crippen LogP contribution is -2.38. The van der Waals surface area contributed by atoms with Gasteiger partial charge in [-0.15, -0.1) is 0 Å². The summed E-state index contributed by atoms with van der Waals surface area (Å²) in [6.07, 6.45) is 0.485. The Balaban J connectivity index is 1.99. The maximum atomic E-state index is 7.05. The molecule has 0 aliphatic heterocycles. The fraction of sp³-hybridized carbons (Fsp3) is 0.455. The van der Waals surface area contributed by atoms with E-state index in [2.05, 4.69) is 68.8 Å². The van der Waals surface area contributed by atoms with Crippen LogP contribution in [0.3, 0.4) is 0 Å². The molecule has 0 saturated carbocycles. The molecule has 0 aromatic heterocycles. The van der Waals surface area contributed by atoms with Crippen molar-refractivity contribution in [1.29, 1.82) is 0 Å². The molecule has 0 amide bonds. The summed E-state index contributed by atoms with van der Waals surface area (Å²) in [6.45, 7) is 10.6. The molecule has 0 aliphatic carbocycles. The number of hydrogen-bond acceptors (Lipinski definition) is 7. The van der Waals surface area contributed by atoms with Crippen molar-refractivity contribution in [2.24, 2.45) is 5.73 Å². The highest BCUT2D eigenvalue weighted by atomic mass is 31.1. The second kappa shape index (κ2) is 16.8. The molecule has 2 N–H and O–H groups in total. The van der Waals surface area contributed by atoms with Gasteiger partial charge in [0.1, 0.15) is 23.2 Å². The lowest BCUT2D eigenvalue weighted by atomic mass is 9.80. The van der Waals surface area contributed by atoms with Crippen LogP contribution in [0.1, 0.15) is 50.8 Å². The molecule has 3 aromatic carbocycles. The van der Waals surface area contributed by atoms with Gasteiger partial charge in [0.15, 0.2) is 0 Å². The third-order valence-electron chi connectivity index (χ3n) is 6.91. The molecule has 0 spiro atoms. The Labute approximate surface area is 248 Å². The number of rotatable bonds is 18. The van der Waals surface area contributed by atoms with E-state index in [-0.39, 0.29) is 15.1 Å². The Morgan fingerprint density at radius 2 is 1.24 bits per heavy atom. The molecule has 2 atom stereocenters. The van der Waals surface area contributed by atoms with Gasteiger partial charge in [0.2, 0.25) is 0 Å². The van der Waals surface area contributed by atoms with Crippen molar-refractivity contribution in [3.05, 3.63) is 95.6 Å². The fourth-order valence-corrected chi connectivity index (χ4v) is 5.61. The van der Waals surface area contributed by atoms with Crippen LogP contribution >= 0.6 is 8.96 Å². The number of ether oxygens (including phenoxy) is 4. The lowest BCUT2D eigenvalue weighted by Gasteiger charge is -2.37. The highest BCUT2D eigenvalue weighted by Gasteiger charge is 2.38.